The Balaban J connectivity index is 2.08. The van der Waals surface area contributed by atoms with E-state index in [1.807, 2.05) is 22.6 Å². The van der Waals surface area contributed by atoms with E-state index in [4.69, 9.17) is 9.15 Å². The summed E-state index contributed by atoms with van der Waals surface area (Å²) in [6.07, 6.45) is 2.86. The molecule has 20 heavy (non-hydrogen) atoms. The molecule has 0 unspecified atom stereocenters. The number of phenols is 1. The summed E-state index contributed by atoms with van der Waals surface area (Å²) in [6.45, 7) is 0. The highest BCUT2D eigenvalue weighted by Crippen LogP contribution is 2.31. The number of nitrogens with zero attached hydrogens (tertiary/aromatic N) is 1. The number of phenolic OH excluding ortho intramolecular Hbond substituents is 1. The number of hydrogen-bond donors (Lipinski definition) is 2. The molecule has 2 aromatic rings. The molecule has 1 heterocycles. The Labute approximate surface area is 128 Å². The zero-order valence-corrected chi connectivity index (χ0v) is 12.6. The number of methoxy groups -OCH3 is 1. The highest BCUT2D eigenvalue weighted by atomic mass is 127. The summed E-state index contributed by atoms with van der Waals surface area (Å²) in [4.78, 5) is 11.6. The second-order valence-electron chi connectivity index (χ2n) is 3.73. The van der Waals surface area contributed by atoms with Gasteiger partial charge in [0.25, 0.3) is 0 Å². The smallest absolute Gasteiger partial charge is 0.307 e. The molecule has 2 N–H and O–H groups in total. The Bertz CT molecular complexity index is 638. The summed E-state index contributed by atoms with van der Waals surface area (Å²) in [5, 5.41) is 13.5. The van der Waals surface area contributed by atoms with Crippen molar-refractivity contribution in [2.24, 2.45) is 5.10 Å². The van der Waals surface area contributed by atoms with Gasteiger partial charge in [0.2, 0.25) is 0 Å². The topological polar surface area (TPSA) is 84.1 Å². The summed E-state index contributed by atoms with van der Waals surface area (Å²) in [5.74, 6) is 0.160. The Morgan fingerprint density at radius 2 is 2.35 bits per heavy atom. The fourth-order valence-corrected chi connectivity index (χ4v) is 2.08. The number of carbonyl (C=O) groups is 1. The SMILES string of the molecule is COc1cc(/C=N/NC(=O)c2ccco2)cc(I)c1O. The van der Waals surface area contributed by atoms with Crippen molar-refractivity contribution in [2.45, 2.75) is 0 Å². The van der Waals surface area contributed by atoms with Crippen LogP contribution < -0.4 is 10.2 Å². The van der Waals surface area contributed by atoms with Crippen LogP contribution in [0.4, 0.5) is 0 Å². The molecule has 0 atom stereocenters. The van der Waals surface area contributed by atoms with Crippen LogP contribution in [-0.4, -0.2) is 24.3 Å². The standard InChI is InChI=1S/C13H11IN2O4/c1-19-11-6-8(5-9(14)12(11)17)7-15-16-13(18)10-3-2-4-20-10/h2-7,17H,1H3,(H,16,18)/b15-7+. The van der Waals surface area contributed by atoms with Gasteiger partial charge in [-0.25, -0.2) is 5.43 Å². The van der Waals surface area contributed by atoms with Gasteiger partial charge in [-0.15, -0.1) is 0 Å². The van der Waals surface area contributed by atoms with Crippen LogP contribution in [0, 0.1) is 3.57 Å². The predicted molar refractivity (Wildman–Crippen MR) is 81.1 cm³/mol. The molecule has 0 aliphatic carbocycles. The lowest BCUT2D eigenvalue weighted by atomic mass is 10.2. The number of ether oxygens (including phenoxy) is 1. The summed E-state index contributed by atoms with van der Waals surface area (Å²) in [6, 6.07) is 6.48. The lowest BCUT2D eigenvalue weighted by molar-refractivity contribution is 0.0927. The zero-order valence-electron chi connectivity index (χ0n) is 10.5. The summed E-state index contributed by atoms with van der Waals surface area (Å²) >= 11 is 1.98. The zero-order chi connectivity index (χ0) is 14.5. The summed E-state index contributed by atoms with van der Waals surface area (Å²) in [7, 11) is 1.46. The predicted octanol–water partition coefficient (Wildman–Crippen LogP) is 2.36. The number of hydrogen-bond acceptors (Lipinski definition) is 5. The van der Waals surface area contributed by atoms with Gasteiger partial charge in [0, 0.05) is 0 Å². The van der Waals surface area contributed by atoms with Gasteiger partial charge in [0.05, 0.1) is 23.2 Å². The van der Waals surface area contributed by atoms with E-state index < -0.39 is 5.91 Å². The third-order valence-corrected chi connectivity index (χ3v) is 3.22. The van der Waals surface area contributed by atoms with Crippen molar-refractivity contribution >= 4 is 34.7 Å². The van der Waals surface area contributed by atoms with E-state index in [9.17, 15) is 9.90 Å². The van der Waals surface area contributed by atoms with Crippen molar-refractivity contribution in [3.05, 3.63) is 45.4 Å². The van der Waals surface area contributed by atoms with Crippen molar-refractivity contribution in [1.29, 1.82) is 0 Å². The second kappa shape index (κ2) is 6.42. The first-order valence-corrected chi connectivity index (χ1v) is 6.63. The molecule has 0 aliphatic rings. The Morgan fingerprint density at radius 3 is 3.00 bits per heavy atom. The number of benzene rings is 1. The number of nitrogens with one attached hydrogen (secondary N) is 1. The quantitative estimate of drug-likeness (QED) is 0.480. The van der Waals surface area contributed by atoms with Crippen LogP contribution in [-0.2, 0) is 0 Å². The fraction of sp³-hybridized carbons (Fsp3) is 0.0769. The summed E-state index contributed by atoms with van der Waals surface area (Å²) < 4.78 is 10.6. The fourth-order valence-electron chi connectivity index (χ4n) is 1.45. The molecule has 0 saturated carbocycles. The molecule has 1 aromatic carbocycles. The maximum Gasteiger partial charge on any atom is 0.307 e. The maximum absolute atomic E-state index is 11.6. The minimum atomic E-state index is -0.438. The number of carbonyl (C=O) groups excluding carboxylic acids is 1. The van der Waals surface area contributed by atoms with Crippen molar-refractivity contribution < 1.29 is 19.1 Å². The molecule has 0 saturated heterocycles. The molecule has 6 nitrogen and oxygen atoms in total. The maximum atomic E-state index is 11.6. The van der Waals surface area contributed by atoms with Gasteiger partial charge in [-0.1, -0.05) is 0 Å². The molecule has 0 aliphatic heterocycles. The average molecular weight is 386 g/mol. The Hall–Kier alpha value is -2.03. The number of aromatic hydroxyl groups is 1. The van der Waals surface area contributed by atoms with E-state index in [1.165, 1.54) is 25.7 Å². The molecule has 0 radical (unpaired) electrons. The number of rotatable bonds is 4. The van der Waals surface area contributed by atoms with Gasteiger partial charge in [-0.05, 0) is 52.4 Å². The van der Waals surface area contributed by atoms with Gasteiger partial charge < -0.3 is 14.3 Å². The number of halogens is 1. The normalized spacial score (nSPS) is 10.7. The van der Waals surface area contributed by atoms with Crippen molar-refractivity contribution in [2.75, 3.05) is 7.11 Å². The minimum absolute atomic E-state index is 0.0740. The van der Waals surface area contributed by atoms with Crippen LogP contribution >= 0.6 is 22.6 Å². The van der Waals surface area contributed by atoms with Crippen LogP contribution in [0.2, 0.25) is 0 Å². The van der Waals surface area contributed by atoms with Gasteiger partial charge in [-0.2, -0.15) is 5.10 Å². The van der Waals surface area contributed by atoms with Gasteiger partial charge in [-0.3, -0.25) is 4.79 Å². The van der Waals surface area contributed by atoms with Crippen LogP contribution in [0.15, 0.2) is 40.0 Å². The highest BCUT2D eigenvalue weighted by Gasteiger charge is 2.08. The van der Waals surface area contributed by atoms with Crippen molar-refractivity contribution in [1.82, 2.24) is 5.43 Å². The molecule has 7 heteroatoms. The van der Waals surface area contributed by atoms with Crippen molar-refractivity contribution in [3.63, 3.8) is 0 Å². The third kappa shape index (κ3) is 3.29. The van der Waals surface area contributed by atoms with Crippen LogP contribution in [0.1, 0.15) is 16.1 Å². The number of amides is 1. The van der Waals surface area contributed by atoms with E-state index in [-0.39, 0.29) is 11.5 Å². The molecule has 2 rings (SSSR count). The first kappa shape index (κ1) is 14.4. The van der Waals surface area contributed by atoms with Gasteiger partial charge in [0.15, 0.2) is 17.3 Å². The van der Waals surface area contributed by atoms with Crippen LogP contribution in [0.5, 0.6) is 11.5 Å². The van der Waals surface area contributed by atoms with E-state index in [0.29, 0.717) is 14.9 Å². The average Bonchev–Trinajstić information content (AvgIpc) is 2.96. The molecule has 0 spiro atoms. The molecule has 1 aromatic heterocycles. The number of hydrazone groups is 1. The lowest BCUT2D eigenvalue weighted by Crippen LogP contribution is -2.16. The Kier molecular flexibility index (Phi) is 4.61. The number of furan rings is 1. The molecule has 1 amide bonds. The molecular formula is C13H11IN2O4. The lowest BCUT2D eigenvalue weighted by Gasteiger charge is -2.06. The highest BCUT2D eigenvalue weighted by molar-refractivity contribution is 14.1. The van der Waals surface area contributed by atoms with Gasteiger partial charge in [0.1, 0.15) is 0 Å². The van der Waals surface area contributed by atoms with E-state index in [0.717, 1.165) is 0 Å². The molecule has 104 valence electrons. The third-order valence-electron chi connectivity index (χ3n) is 2.40. The summed E-state index contributed by atoms with van der Waals surface area (Å²) in [5.41, 5.74) is 3.02. The minimum Gasteiger partial charge on any atom is -0.504 e. The second-order valence-corrected chi connectivity index (χ2v) is 4.89. The van der Waals surface area contributed by atoms with E-state index >= 15 is 0 Å². The monoisotopic (exact) mass is 386 g/mol. The molecule has 0 bridgehead atoms. The first-order valence-electron chi connectivity index (χ1n) is 5.55. The van der Waals surface area contributed by atoms with Gasteiger partial charge >= 0.3 is 5.91 Å². The van der Waals surface area contributed by atoms with E-state index in [1.54, 1.807) is 18.2 Å². The Morgan fingerprint density at radius 1 is 1.55 bits per heavy atom. The molecule has 0 fully saturated rings. The van der Waals surface area contributed by atoms with Crippen LogP contribution in [0.3, 0.4) is 0 Å². The van der Waals surface area contributed by atoms with Crippen molar-refractivity contribution in [3.8, 4) is 11.5 Å². The first-order chi connectivity index (χ1) is 9.61. The van der Waals surface area contributed by atoms with E-state index in [2.05, 4.69) is 10.5 Å². The largest absolute Gasteiger partial charge is 0.504 e. The van der Waals surface area contributed by atoms with Crippen LogP contribution in [0.25, 0.3) is 0 Å². The molecular weight excluding hydrogens is 375 g/mol.